The number of para-hydroxylation sites is 1. The highest BCUT2D eigenvalue weighted by molar-refractivity contribution is 6.08. The fourth-order valence-electron chi connectivity index (χ4n) is 2.18. The number of aromatic nitrogens is 1. The summed E-state index contributed by atoms with van der Waals surface area (Å²) in [6.07, 6.45) is 0. The van der Waals surface area contributed by atoms with Crippen molar-refractivity contribution in [2.24, 2.45) is 0 Å². The molecule has 3 nitrogen and oxygen atoms in total. The van der Waals surface area contributed by atoms with Gasteiger partial charge in [0.1, 0.15) is 0 Å². The first-order valence-electron chi connectivity index (χ1n) is 5.65. The number of aromatic carboxylic acids is 1. The molecule has 18 heavy (non-hydrogen) atoms. The van der Waals surface area contributed by atoms with E-state index in [2.05, 4.69) is 4.98 Å². The van der Waals surface area contributed by atoms with Crippen LogP contribution in [0.2, 0.25) is 0 Å². The van der Waals surface area contributed by atoms with Crippen LogP contribution in [0.25, 0.3) is 22.2 Å². The predicted octanol–water partition coefficient (Wildman–Crippen LogP) is 2.20. The van der Waals surface area contributed by atoms with E-state index in [9.17, 15) is 9.90 Å². The molecule has 3 rings (SSSR count). The van der Waals surface area contributed by atoms with Crippen molar-refractivity contribution < 1.29 is 9.90 Å². The van der Waals surface area contributed by atoms with Gasteiger partial charge in [-0.3, -0.25) is 0 Å². The fourth-order valence-corrected chi connectivity index (χ4v) is 2.18. The standard InChI is InChI=1S/C15H11NO2/c17-15(18)13-11-8-4-5-9-12(11)16-14(13)10-6-2-1-3-7-10/h1-9,16H,(H,17,18)/p-1. The van der Waals surface area contributed by atoms with E-state index >= 15 is 0 Å². The van der Waals surface area contributed by atoms with Crippen molar-refractivity contribution in [1.82, 2.24) is 4.98 Å². The Morgan fingerprint density at radius 1 is 0.944 bits per heavy atom. The molecule has 0 unspecified atom stereocenters. The molecule has 3 heteroatoms. The Morgan fingerprint density at radius 3 is 2.33 bits per heavy atom. The van der Waals surface area contributed by atoms with Crippen LogP contribution in [-0.4, -0.2) is 11.0 Å². The highest BCUT2D eigenvalue weighted by atomic mass is 16.4. The highest BCUT2D eigenvalue weighted by Crippen LogP contribution is 2.29. The first-order chi connectivity index (χ1) is 8.77. The van der Waals surface area contributed by atoms with Crippen molar-refractivity contribution in [2.45, 2.75) is 0 Å². The van der Waals surface area contributed by atoms with Crippen molar-refractivity contribution in [3.05, 3.63) is 60.2 Å². The molecule has 1 N–H and O–H groups in total. The Labute approximate surface area is 104 Å². The molecule has 0 radical (unpaired) electrons. The molecule has 3 aromatic rings. The van der Waals surface area contributed by atoms with Crippen molar-refractivity contribution in [3.63, 3.8) is 0 Å². The number of rotatable bonds is 2. The van der Waals surface area contributed by atoms with Crippen LogP contribution in [0.5, 0.6) is 0 Å². The lowest BCUT2D eigenvalue weighted by Crippen LogP contribution is -2.22. The molecule has 0 aliphatic carbocycles. The summed E-state index contributed by atoms with van der Waals surface area (Å²) in [5.41, 5.74) is 2.46. The number of carbonyl (C=O) groups excluding carboxylic acids is 1. The van der Waals surface area contributed by atoms with Crippen LogP contribution in [0.3, 0.4) is 0 Å². The van der Waals surface area contributed by atoms with Gasteiger partial charge in [-0.15, -0.1) is 0 Å². The summed E-state index contributed by atoms with van der Waals surface area (Å²) in [6, 6.07) is 16.7. The molecule has 0 fully saturated rings. The minimum Gasteiger partial charge on any atom is -0.545 e. The van der Waals surface area contributed by atoms with Gasteiger partial charge in [-0.05, 0) is 11.6 Å². The average Bonchev–Trinajstić information content (AvgIpc) is 2.79. The highest BCUT2D eigenvalue weighted by Gasteiger charge is 2.13. The van der Waals surface area contributed by atoms with E-state index in [1.54, 1.807) is 6.07 Å². The lowest BCUT2D eigenvalue weighted by molar-refractivity contribution is -0.254. The molecule has 0 atom stereocenters. The number of benzene rings is 2. The van der Waals surface area contributed by atoms with Gasteiger partial charge in [0.2, 0.25) is 0 Å². The Morgan fingerprint density at radius 2 is 1.61 bits per heavy atom. The molecule has 0 bridgehead atoms. The number of fused-ring (bicyclic) bond motifs is 1. The van der Waals surface area contributed by atoms with Gasteiger partial charge in [0.15, 0.2) is 0 Å². The molecule has 0 aliphatic heterocycles. The summed E-state index contributed by atoms with van der Waals surface area (Å²) in [6.45, 7) is 0. The van der Waals surface area contributed by atoms with E-state index in [1.165, 1.54) is 0 Å². The van der Waals surface area contributed by atoms with Crippen LogP contribution >= 0.6 is 0 Å². The number of carboxylic acid groups (broad SMARTS) is 1. The maximum atomic E-state index is 11.3. The van der Waals surface area contributed by atoms with Crippen LogP contribution in [0.4, 0.5) is 0 Å². The van der Waals surface area contributed by atoms with Gasteiger partial charge < -0.3 is 14.9 Å². The van der Waals surface area contributed by atoms with Crippen LogP contribution < -0.4 is 5.11 Å². The smallest absolute Gasteiger partial charge is 0.0743 e. The fraction of sp³-hybridized carbons (Fsp3) is 0. The lowest BCUT2D eigenvalue weighted by atomic mass is 10.1. The summed E-state index contributed by atoms with van der Waals surface area (Å²) >= 11 is 0. The zero-order valence-corrected chi connectivity index (χ0v) is 9.51. The maximum Gasteiger partial charge on any atom is 0.0743 e. The Hall–Kier alpha value is -2.55. The molecule has 0 saturated heterocycles. The van der Waals surface area contributed by atoms with Gasteiger partial charge >= 0.3 is 0 Å². The quantitative estimate of drug-likeness (QED) is 0.741. The Kier molecular flexibility index (Phi) is 2.38. The number of nitrogens with one attached hydrogen (secondary N) is 1. The van der Waals surface area contributed by atoms with Gasteiger partial charge in [-0.1, -0.05) is 48.5 Å². The zero-order chi connectivity index (χ0) is 12.5. The average molecular weight is 236 g/mol. The zero-order valence-electron chi connectivity index (χ0n) is 9.51. The van der Waals surface area contributed by atoms with Crippen LogP contribution in [0, 0.1) is 0 Å². The minimum absolute atomic E-state index is 0.219. The third-order valence-corrected chi connectivity index (χ3v) is 2.97. The van der Waals surface area contributed by atoms with Gasteiger partial charge in [-0.25, -0.2) is 0 Å². The molecule has 1 aromatic heterocycles. The SMILES string of the molecule is O=C([O-])c1c(-c2ccccc2)[nH]c2ccccc12. The van der Waals surface area contributed by atoms with E-state index in [1.807, 2.05) is 48.5 Å². The number of carbonyl (C=O) groups is 1. The normalized spacial score (nSPS) is 10.7. The van der Waals surface area contributed by atoms with E-state index in [4.69, 9.17) is 0 Å². The summed E-state index contributed by atoms with van der Waals surface area (Å²) in [7, 11) is 0. The number of aromatic amines is 1. The maximum absolute atomic E-state index is 11.3. The van der Waals surface area contributed by atoms with Gasteiger partial charge in [0.05, 0.1) is 11.7 Å². The molecular weight excluding hydrogens is 226 g/mol. The van der Waals surface area contributed by atoms with Gasteiger partial charge in [-0.2, -0.15) is 0 Å². The van der Waals surface area contributed by atoms with E-state index in [-0.39, 0.29) is 5.56 Å². The molecule has 88 valence electrons. The second kappa shape index (κ2) is 4.04. The number of carboxylic acids is 1. The van der Waals surface area contributed by atoms with Crippen molar-refractivity contribution in [2.75, 3.05) is 0 Å². The monoisotopic (exact) mass is 236 g/mol. The first-order valence-corrected chi connectivity index (χ1v) is 5.65. The molecule has 0 spiro atoms. The molecule has 0 saturated carbocycles. The summed E-state index contributed by atoms with van der Waals surface area (Å²) in [5, 5.41) is 12.0. The Balaban J connectivity index is 2.36. The molecule has 0 amide bonds. The van der Waals surface area contributed by atoms with E-state index in [0.717, 1.165) is 11.1 Å². The number of hydrogen-bond acceptors (Lipinski definition) is 2. The van der Waals surface area contributed by atoms with Crippen LogP contribution in [0.15, 0.2) is 54.6 Å². The molecule has 1 heterocycles. The number of H-pyrrole nitrogens is 1. The van der Waals surface area contributed by atoms with Gasteiger partial charge in [0.25, 0.3) is 0 Å². The summed E-state index contributed by atoms with van der Waals surface area (Å²) in [4.78, 5) is 14.5. The van der Waals surface area contributed by atoms with Gasteiger partial charge in [0, 0.05) is 16.5 Å². The third kappa shape index (κ3) is 1.57. The lowest BCUT2D eigenvalue weighted by Gasteiger charge is -2.05. The van der Waals surface area contributed by atoms with Crippen LogP contribution in [0.1, 0.15) is 10.4 Å². The topological polar surface area (TPSA) is 55.9 Å². The van der Waals surface area contributed by atoms with Crippen molar-refractivity contribution >= 4 is 16.9 Å². The van der Waals surface area contributed by atoms with Crippen molar-refractivity contribution in [1.29, 1.82) is 0 Å². The first kappa shape index (κ1) is 10.6. The molecular formula is C15H10NO2-. The molecule has 2 aromatic carbocycles. The number of hydrogen-bond donors (Lipinski definition) is 1. The largest absolute Gasteiger partial charge is 0.545 e. The third-order valence-electron chi connectivity index (χ3n) is 2.97. The van der Waals surface area contributed by atoms with E-state index < -0.39 is 5.97 Å². The summed E-state index contributed by atoms with van der Waals surface area (Å²) in [5.74, 6) is -1.16. The van der Waals surface area contributed by atoms with Crippen molar-refractivity contribution in [3.8, 4) is 11.3 Å². The second-order valence-electron chi connectivity index (χ2n) is 4.07. The van der Waals surface area contributed by atoms with Crippen LogP contribution in [-0.2, 0) is 0 Å². The minimum atomic E-state index is -1.16. The predicted molar refractivity (Wildman–Crippen MR) is 68.1 cm³/mol. The Bertz CT molecular complexity index is 714. The molecule has 0 aliphatic rings. The second-order valence-corrected chi connectivity index (χ2v) is 4.07. The summed E-state index contributed by atoms with van der Waals surface area (Å²) < 4.78 is 0. The van der Waals surface area contributed by atoms with E-state index in [0.29, 0.717) is 11.1 Å².